The average molecular weight is 242 g/mol. The molecule has 0 aromatic carbocycles. The molecule has 1 N–H and O–H groups in total. The van der Waals surface area contributed by atoms with Gasteiger partial charge in [0.25, 0.3) is 6.43 Å². The Bertz CT molecular complexity index is 531. The van der Waals surface area contributed by atoms with Crippen molar-refractivity contribution in [3.05, 3.63) is 33.2 Å². The number of esters is 1. The number of carbonyl (C=O) groups excluding carboxylic acids is 1. The summed E-state index contributed by atoms with van der Waals surface area (Å²) >= 11 is 0. The molecule has 0 saturated heterocycles. The van der Waals surface area contributed by atoms with E-state index in [0.717, 1.165) is 6.20 Å². The van der Waals surface area contributed by atoms with Gasteiger partial charge >= 0.3 is 5.97 Å². The van der Waals surface area contributed by atoms with E-state index in [4.69, 9.17) is 5.26 Å². The average Bonchev–Trinajstić information content (AvgIpc) is 2.27. The lowest BCUT2D eigenvalue weighted by molar-refractivity contribution is 0.0523. The maximum absolute atomic E-state index is 12.6. The molecule has 0 saturated carbocycles. The van der Waals surface area contributed by atoms with Crippen LogP contribution in [0.5, 0.6) is 0 Å². The molecule has 0 aliphatic carbocycles. The summed E-state index contributed by atoms with van der Waals surface area (Å²) in [4.78, 5) is 25.0. The molecule has 0 unspecified atom stereocenters. The minimum absolute atomic E-state index is 0.0162. The smallest absolute Gasteiger partial charge is 0.343 e. The second kappa shape index (κ2) is 5.21. The minimum Gasteiger partial charge on any atom is -0.462 e. The second-order valence-electron chi connectivity index (χ2n) is 2.95. The predicted molar refractivity (Wildman–Crippen MR) is 52.7 cm³/mol. The Hall–Kier alpha value is -2.23. The van der Waals surface area contributed by atoms with Crippen LogP contribution in [-0.2, 0) is 4.74 Å². The molecule has 1 heterocycles. The Morgan fingerprint density at radius 3 is 2.76 bits per heavy atom. The lowest BCUT2D eigenvalue weighted by atomic mass is 10.1. The van der Waals surface area contributed by atoms with Gasteiger partial charge in [-0.05, 0) is 6.92 Å². The van der Waals surface area contributed by atoms with Gasteiger partial charge < -0.3 is 9.72 Å². The zero-order valence-corrected chi connectivity index (χ0v) is 8.79. The summed E-state index contributed by atoms with van der Waals surface area (Å²) in [6.45, 7) is 1.53. The van der Waals surface area contributed by atoms with Crippen molar-refractivity contribution in [2.45, 2.75) is 13.3 Å². The van der Waals surface area contributed by atoms with Crippen molar-refractivity contribution in [3.8, 4) is 6.07 Å². The van der Waals surface area contributed by atoms with Crippen molar-refractivity contribution >= 4 is 5.97 Å². The van der Waals surface area contributed by atoms with E-state index in [2.05, 4.69) is 9.72 Å². The molecule has 90 valence electrons. The highest BCUT2D eigenvalue weighted by Gasteiger charge is 2.23. The van der Waals surface area contributed by atoms with E-state index in [1.165, 1.54) is 13.0 Å². The van der Waals surface area contributed by atoms with Crippen molar-refractivity contribution in [1.82, 2.24) is 4.98 Å². The van der Waals surface area contributed by atoms with Crippen LogP contribution in [0.25, 0.3) is 0 Å². The summed E-state index contributed by atoms with van der Waals surface area (Å²) in [5.41, 5.74) is -3.30. The molecule has 7 heteroatoms. The number of carbonyl (C=O) groups is 1. The summed E-state index contributed by atoms with van der Waals surface area (Å²) in [5, 5.41) is 8.55. The van der Waals surface area contributed by atoms with Crippen molar-refractivity contribution < 1.29 is 18.3 Å². The van der Waals surface area contributed by atoms with Crippen LogP contribution in [0.3, 0.4) is 0 Å². The topological polar surface area (TPSA) is 82.9 Å². The van der Waals surface area contributed by atoms with Gasteiger partial charge in [-0.15, -0.1) is 0 Å². The summed E-state index contributed by atoms with van der Waals surface area (Å²) < 4.78 is 29.7. The molecule has 1 rings (SSSR count). The molecule has 5 nitrogen and oxygen atoms in total. The van der Waals surface area contributed by atoms with E-state index in [1.54, 1.807) is 0 Å². The van der Waals surface area contributed by atoms with Crippen LogP contribution in [0, 0.1) is 11.3 Å². The zero-order chi connectivity index (χ0) is 13.0. The first-order valence-corrected chi connectivity index (χ1v) is 4.63. The van der Waals surface area contributed by atoms with Gasteiger partial charge in [0.1, 0.15) is 22.9 Å². The van der Waals surface area contributed by atoms with Gasteiger partial charge in [-0.3, -0.25) is 4.79 Å². The van der Waals surface area contributed by atoms with E-state index in [-0.39, 0.29) is 6.61 Å². The Morgan fingerprint density at radius 2 is 2.29 bits per heavy atom. The number of rotatable bonds is 3. The van der Waals surface area contributed by atoms with Crippen LogP contribution >= 0.6 is 0 Å². The number of ether oxygens (including phenoxy) is 1. The van der Waals surface area contributed by atoms with Gasteiger partial charge in [-0.25, -0.2) is 13.6 Å². The van der Waals surface area contributed by atoms with Crippen molar-refractivity contribution in [2.75, 3.05) is 6.61 Å². The molecule has 17 heavy (non-hydrogen) atoms. The summed E-state index contributed by atoms with van der Waals surface area (Å²) in [6, 6.07) is 1.43. The Kier molecular flexibility index (Phi) is 3.93. The first kappa shape index (κ1) is 12.8. The Labute approximate surface area is 94.6 Å². The first-order chi connectivity index (χ1) is 8.02. The number of halogens is 2. The molecule has 0 bridgehead atoms. The monoisotopic (exact) mass is 242 g/mol. The lowest BCUT2D eigenvalue weighted by Gasteiger charge is -2.05. The van der Waals surface area contributed by atoms with Crippen LogP contribution in [-0.4, -0.2) is 17.6 Å². The summed E-state index contributed by atoms with van der Waals surface area (Å²) in [6.07, 6.45) is -2.24. The third-order valence-corrected chi connectivity index (χ3v) is 1.94. The third-order valence-electron chi connectivity index (χ3n) is 1.94. The van der Waals surface area contributed by atoms with Crippen LogP contribution in [0.4, 0.5) is 8.78 Å². The second-order valence-corrected chi connectivity index (χ2v) is 2.95. The van der Waals surface area contributed by atoms with E-state index in [1.807, 2.05) is 0 Å². The fourth-order valence-corrected chi connectivity index (χ4v) is 1.21. The molecule has 0 fully saturated rings. The number of H-pyrrole nitrogens is 1. The van der Waals surface area contributed by atoms with E-state index in [9.17, 15) is 18.4 Å². The number of aromatic nitrogens is 1. The quantitative estimate of drug-likeness (QED) is 0.811. The molecular weight excluding hydrogens is 234 g/mol. The van der Waals surface area contributed by atoms with Gasteiger partial charge in [-0.2, -0.15) is 5.26 Å². The largest absolute Gasteiger partial charge is 0.462 e. The maximum atomic E-state index is 12.6. The number of nitrogens with zero attached hydrogens (tertiary/aromatic N) is 1. The van der Waals surface area contributed by atoms with Gasteiger partial charge in [0.2, 0.25) is 5.43 Å². The standard InChI is InChI=1S/C10H8F2N2O3/c1-2-17-10(16)5-4-14-6(3-13)7(8(5)15)9(11)12/h4,9H,2H2,1H3,(H,14,15). The molecular formula is C10H8F2N2O3. The summed E-state index contributed by atoms with van der Waals surface area (Å²) in [7, 11) is 0. The van der Waals surface area contributed by atoms with Gasteiger partial charge in [-0.1, -0.05) is 0 Å². The Morgan fingerprint density at radius 1 is 1.65 bits per heavy atom. The highest BCUT2D eigenvalue weighted by atomic mass is 19.3. The van der Waals surface area contributed by atoms with Crippen molar-refractivity contribution in [3.63, 3.8) is 0 Å². The molecule has 0 radical (unpaired) electrons. The van der Waals surface area contributed by atoms with Crippen LogP contribution in [0.1, 0.15) is 35.0 Å². The molecule has 0 spiro atoms. The molecule has 1 aromatic rings. The van der Waals surface area contributed by atoms with E-state index < -0.39 is 34.6 Å². The normalized spacial score (nSPS) is 10.1. The zero-order valence-electron chi connectivity index (χ0n) is 8.79. The fraction of sp³-hybridized carbons (Fsp3) is 0.300. The number of hydrogen-bond donors (Lipinski definition) is 1. The van der Waals surface area contributed by atoms with E-state index in [0.29, 0.717) is 0 Å². The molecule has 0 aliphatic rings. The number of nitriles is 1. The van der Waals surface area contributed by atoms with E-state index >= 15 is 0 Å². The molecule has 0 atom stereocenters. The number of hydrogen-bond acceptors (Lipinski definition) is 4. The molecule has 1 aromatic heterocycles. The highest BCUT2D eigenvalue weighted by molar-refractivity contribution is 5.89. The summed E-state index contributed by atoms with van der Waals surface area (Å²) in [5.74, 6) is -1.000. The highest BCUT2D eigenvalue weighted by Crippen LogP contribution is 2.18. The van der Waals surface area contributed by atoms with Crippen LogP contribution in [0.15, 0.2) is 11.0 Å². The van der Waals surface area contributed by atoms with Gasteiger partial charge in [0, 0.05) is 6.20 Å². The number of nitrogens with one attached hydrogen (secondary N) is 1. The Balaban J connectivity index is 3.40. The minimum atomic E-state index is -3.14. The predicted octanol–water partition coefficient (Wildman–Crippen LogP) is 1.36. The SMILES string of the molecule is CCOC(=O)c1c[nH]c(C#N)c(C(F)F)c1=O. The van der Waals surface area contributed by atoms with Gasteiger partial charge in [0.05, 0.1) is 6.61 Å². The van der Waals surface area contributed by atoms with Crippen LogP contribution < -0.4 is 5.43 Å². The van der Waals surface area contributed by atoms with Crippen molar-refractivity contribution in [1.29, 1.82) is 5.26 Å². The molecule has 0 amide bonds. The first-order valence-electron chi connectivity index (χ1n) is 4.63. The van der Waals surface area contributed by atoms with Gasteiger partial charge in [0.15, 0.2) is 0 Å². The maximum Gasteiger partial charge on any atom is 0.343 e. The fourth-order valence-electron chi connectivity index (χ4n) is 1.21. The number of pyridine rings is 1. The van der Waals surface area contributed by atoms with Crippen LogP contribution in [0.2, 0.25) is 0 Å². The lowest BCUT2D eigenvalue weighted by Crippen LogP contribution is -2.23. The van der Waals surface area contributed by atoms with Crippen molar-refractivity contribution in [2.24, 2.45) is 0 Å². The molecule has 0 aliphatic heterocycles. The third kappa shape index (κ3) is 2.47. The number of aromatic amines is 1. The number of alkyl halides is 2.